The minimum absolute atomic E-state index is 0.00790. The maximum atomic E-state index is 14.3. The number of alkyl halides is 1. The third kappa shape index (κ3) is 4.98. The van der Waals surface area contributed by atoms with Crippen LogP contribution in [0.2, 0.25) is 0 Å². The normalized spacial score (nSPS) is 32.3. The minimum atomic E-state index is -4.98. The molecular weight excluding hydrogens is 598 g/mol. The van der Waals surface area contributed by atoms with Gasteiger partial charge in [-0.3, -0.25) is 23.7 Å². The van der Waals surface area contributed by atoms with Gasteiger partial charge in [0, 0.05) is 30.8 Å². The number of halogens is 1. The molecule has 4 amide bonds. The first kappa shape index (κ1) is 28.9. The van der Waals surface area contributed by atoms with Crippen molar-refractivity contribution < 1.29 is 37.9 Å². The number of hydrogen-bond donors (Lipinski definition) is 3. The van der Waals surface area contributed by atoms with Crippen LogP contribution in [0, 0.1) is 11.8 Å². The summed E-state index contributed by atoms with van der Waals surface area (Å²) in [6.45, 7) is 2.68. The number of benzene rings is 1. The molecule has 8 atom stereocenters. The monoisotopic (exact) mass is 632 g/mol. The van der Waals surface area contributed by atoms with E-state index in [9.17, 15) is 37.9 Å². The van der Waals surface area contributed by atoms with Crippen molar-refractivity contribution in [3.63, 3.8) is 0 Å². The first-order chi connectivity index (χ1) is 20.4. The van der Waals surface area contributed by atoms with Crippen LogP contribution < -0.4 is 5.32 Å². The van der Waals surface area contributed by atoms with Gasteiger partial charge in [-0.2, -0.15) is 0 Å². The lowest BCUT2D eigenvalue weighted by atomic mass is 9.95. The maximum Gasteiger partial charge on any atom is 0.363 e. The van der Waals surface area contributed by atoms with Gasteiger partial charge < -0.3 is 29.8 Å². The number of hydrogen-bond acceptors (Lipinski definition) is 6. The van der Waals surface area contributed by atoms with Crippen LogP contribution >= 0.6 is 18.9 Å². The lowest BCUT2D eigenvalue weighted by molar-refractivity contribution is -0.155. The topological polar surface area (TPSA) is 148 Å². The standard InChI is InChI=1S/C29H34FN4O7PS/c1-14(35)32-7-6-21-23(32)13-33(21)29(38)22-4-3-19-10-16-9-17(16)11-20(28(37)34(19)22)31-27(36)25-12-18-8-15(2-5-24(18)43-25)26(30)42(39,40)41/h2,5,8,12,16-17,19-23,26H,3-4,6-7,9-11,13H2,1H3,(H,31,36)(H2,39,40,41)/t16-,17+,19-,20+,21-,22+,23-,26?/m1/s1. The Morgan fingerprint density at radius 3 is 2.56 bits per heavy atom. The van der Waals surface area contributed by atoms with Crippen molar-refractivity contribution in [3.8, 4) is 0 Å². The predicted octanol–water partition coefficient (Wildman–Crippen LogP) is 2.77. The highest BCUT2D eigenvalue weighted by atomic mass is 32.1. The van der Waals surface area contributed by atoms with Crippen molar-refractivity contribution in [3.05, 3.63) is 34.7 Å². The fourth-order valence-corrected chi connectivity index (χ4v) is 9.33. The van der Waals surface area contributed by atoms with Crippen molar-refractivity contribution in [1.29, 1.82) is 0 Å². The summed E-state index contributed by atoms with van der Waals surface area (Å²) >= 11 is 1.15. The van der Waals surface area contributed by atoms with Gasteiger partial charge in [0.1, 0.15) is 12.1 Å². The molecule has 3 N–H and O–H groups in total. The summed E-state index contributed by atoms with van der Waals surface area (Å²) < 4.78 is 26.3. The van der Waals surface area contributed by atoms with Gasteiger partial charge in [-0.15, -0.1) is 11.3 Å². The first-order valence-electron chi connectivity index (χ1n) is 14.8. The average molecular weight is 633 g/mol. The molecular formula is C29H34FN4O7PS. The third-order valence-electron chi connectivity index (χ3n) is 10.1. The van der Waals surface area contributed by atoms with Gasteiger partial charge in [-0.25, -0.2) is 4.39 Å². The Hall–Kier alpha value is -2.86. The van der Waals surface area contributed by atoms with Gasteiger partial charge >= 0.3 is 7.60 Å². The Kier molecular flexibility index (Phi) is 6.96. The van der Waals surface area contributed by atoms with Crippen LogP contribution in [0.1, 0.15) is 66.6 Å². The second-order valence-corrected chi connectivity index (χ2v) is 15.4. The number of likely N-dealkylation sites (tertiary alicyclic amines) is 2. The van der Waals surface area contributed by atoms with Crippen LogP contribution in [0.3, 0.4) is 0 Å². The van der Waals surface area contributed by atoms with Crippen molar-refractivity contribution in [2.75, 3.05) is 13.1 Å². The fourth-order valence-electron chi connectivity index (χ4n) is 7.83. The van der Waals surface area contributed by atoms with Gasteiger partial charge in [0.15, 0.2) is 0 Å². The Balaban J connectivity index is 1.09. The van der Waals surface area contributed by atoms with E-state index in [4.69, 9.17) is 0 Å². The second-order valence-electron chi connectivity index (χ2n) is 12.7. The zero-order valence-electron chi connectivity index (χ0n) is 23.6. The minimum Gasteiger partial charge on any atom is -0.340 e. The van der Waals surface area contributed by atoms with Crippen molar-refractivity contribution in [2.24, 2.45) is 11.8 Å². The molecule has 14 heteroatoms. The van der Waals surface area contributed by atoms with E-state index >= 15 is 0 Å². The number of nitrogens with one attached hydrogen (secondary N) is 1. The molecule has 1 aromatic heterocycles. The smallest absolute Gasteiger partial charge is 0.340 e. The fraction of sp³-hybridized carbons (Fsp3) is 0.586. The molecule has 4 saturated heterocycles. The van der Waals surface area contributed by atoms with E-state index in [0.29, 0.717) is 52.7 Å². The van der Waals surface area contributed by atoms with Crippen LogP contribution in [0.15, 0.2) is 24.3 Å². The average Bonchev–Trinajstić information content (AvgIpc) is 3.25. The summed E-state index contributed by atoms with van der Waals surface area (Å²) in [5, 5.41) is 3.40. The number of thiophene rings is 1. The van der Waals surface area contributed by atoms with E-state index in [0.717, 1.165) is 37.0 Å². The zero-order chi connectivity index (χ0) is 30.4. The molecule has 0 radical (unpaired) electrons. The number of amides is 4. The van der Waals surface area contributed by atoms with Gasteiger partial charge in [0.2, 0.25) is 23.6 Å². The predicted molar refractivity (Wildman–Crippen MR) is 155 cm³/mol. The van der Waals surface area contributed by atoms with E-state index in [-0.39, 0.29) is 41.4 Å². The number of rotatable bonds is 5. The molecule has 0 spiro atoms. The van der Waals surface area contributed by atoms with Crippen molar-refractivity contribution in [2.45, 2.75) is 81.6 Å². The van der Waals surface area contributed by atoms with Crippen LogP contribution in [0.25, 0.3) is 10.1 Å². The molecule has 1 aliphatic carbocycles. The number of fused-ring (bicyclic) bond motifs is 4. The molecule has 7 rings (SSSR count). The zero-order valence-corrected chi connectivity index (χ0v) is 25.3. The van der Waals surface area contributed by atoms with E-state index < -0.39 is 31.5 Å². The molecule has 5 aliphatic rings. The van der Waals surface area contributed by atoms with E-state index in [1.807, 2.05) is 9.80 Å². The quantitative estimate of drug-likeness (QED) is 0.430. The van der Waals surface area contributed by atoms with Gasteiger partial charge in [-0.05, 0) is 79.5 Å². The Bertz CT molecular complexity index is 1580. The Labute approximate surface area is 251 Å². The molecule has 5 fully saturated rings. The lowest BCUT2D eigenvalue weighted by Crippen LogP contribution is -2.67. The molecule has 43 heavy (non-hydrogen) atoms. The molecule has 230 valence electrons. The highest BCUT2D eigenvalue weighted by molar-refractivity contribution is 7.51. The van der Waals surface area contributed by atoms with E-state index in [1.54, 1.807) is 11.8 Å². The molecule has 2 aromatic rings. The number of nitrogens with zero attached hydrogens (tertiary/aromatic N) is 3. The highest BCUT2D eigenvalue weighted by Crippen LogP contribution is 2.53. The van der Waals surface area contributed by atoms with Crippen molar-refractivity contribution >= 4 is 52.6 Å². The number of carbonyl (C=O) groups excluding carboxylic acids is 4. The molecule has 0 bridgehead atoms. The summed E-state index contributed by atoms with van der Waals surface area (Å²) in [4.78, 5) is 77.4. The summed E-state index contributed by atoms with van der Waals surface area (Å²) in [5.41, 5.74) is -0.170. The van der Waals surface area contributed by atoms with Crippen LogP contribution in [-0.4, -0.2) is 91.4 Å². The summed E-state index contributed by atoms with van der Waals surface area (Å²) in [6, 6.07) is 4.31. The van der Waals surface area contributed by atoms with E-state index in [1.165, 1.54) is 24.3 Å². The Morgan fingerprint density at radius 1 is 1.05 bits per heavy atom. The summed E-state index contributed by atoms with van der Waals surface area (Å²) in [5.74, 6) is -2.39. The van der Waals surface area contributed by atoms with Crippen LogP contribution in [-0.2, 0) is 18.9 Å². The van der Waals surface area contributed by atoms with Gasteiger partial charge in [0.25, 0.3) is 5.91 Å². The molecule has 1 aromatic carbocycles. The SMILES string of the molecule is CC(=O)N1CC[C@@H]2[C@H]1CN2C(=O)[C@@H]1CC[C@@H]2C[C@H]3C[C@H]3C[C@H](NC(=O)c3cc4cc(C(F)P(=O)(O)O)ccc4s3)C(=O)N21. The molecule has 1 unspecified atom stereocenters. The first-order valence-corrected chi connectivity index (χ1v) is 17.3. The molecule has 4 aliphatic heterocycles. The van der Waals surface area contributed by atoms with Crippen LogP contribution in [0.5, 0.6) is 0 Å². The molecule has 1 saturated carbocycles. The molecule has 5 heterocycles. The van der Waals surface area contributed by atoms with E-state index in [2.05, 4.69) is 5.32 Å². The van der Waals surface area contributed by atoms with Crippen LogP contribution in [0.4, 0.5) is 4.39 Å². The Morgan fingerprint density at radius 2 is 1.81 bits per heavy atom. The van der Waals surface area contributed by atoms with Gasteiger partial charge in [0.05, 0.1) is 17.0 Å². The van der Waals surface area contributed by atoms with Crippen molar-refractivity contribution in [1.82, 2.24) is 20.0 Å². The maximum absolute atomic E-state index is 14.3. The lowest BCUT2D eigenvalue weighted by Gasteiger charge is -2.48. The highest BCUT2D eigenvalue weighted by Gasteiger charge is 2.55. The third-order valence-corrected chi connectivity index (χ3v) is 12.1. The van der Waals surface area contributed by atoms with Gasteiger partial charge in [-0.1, -0.05) is 6.07 Å². The second kappa shape index (κ2) is 10.4. The molecule has 11 nitrogen and oxygen atoms in total. The largest absolute Gasteiger partial charge is 0.363 e. The summed E-state index contributed by atoms with van der Waals surface area (Å²) in [7, 11) is -4.98. The number of carbonyl (C=O) groups is 4. The summed E-state index contributed by atoms with van der Waals surface area (Å²) in [6.07, 6.45) is 4.44.